The third-order valence-electron chi connectivity index (χ3n) is 3.22. The highest BCUT2D eigenvalue weighted by atomic mass is 16.5. The van der Waals surface area contributed by atoms with Gasteiger partial charge in [-0.05, 0) is 31.2 Å². The highest BCUT2D eigenvalue weighted by Gasteiger charge is 2.12. The van der Waals surface area contributed by atoms with Crippen molar-refractivity contribution in [3.05, 3.63) is 65.7 Å². The monoisotopic (exact) mass is 325 g/mol. The van der Waals surface area contributed by atoms with E-state index in [1.54, 1.807) is 30.3 Å². The topological polar surface area (TPSA) is 64.6 Å². The molecule has 5 heteroatoms. The van der Waals surface area contributed by atoms with Gasteiger partial charge in [-0.25, -0.2) is 4.79 Å². The zero-order valence-electron chi connectivity index (χ0n) is 13.6. The summed E-state index contributed by atoms with van der Waals surface area (Å²) in [5.41, 5.74) is 1.50. The van der Waals surface area contributed by atoms with Crippen LogP contribution in [0.5, 0.6) is 5.75 Å². The van der Waals surface area contributed by atoms with Crippen LogP contribution < -0.4 is 10.1 Å². The average Bonchev–Trinajstić information content (AvgIpc) is 2.61. The van der Waals surface area contributed by atoms with Crippen LogP contribution in [0.4, 0.5) is 5.69 Å². The van der Waals surface area contributed by atoms with Crippen LogP contribution in [0.15, 0.2) is 54.6 Å². The zero-order chi connectivity index (χ0) is 17.4. The molecule has 0 aliphatic rings. The van der Waals surface area contributed by atoms with E-state index in [1.165, 1.54) is 13.2 Å². The number of amides is 1. The molecule has 0 fully saturated rings. The van der Waals surface area contributed by atoms with Crippen molar-refractivity contribution < 1.29 is 19.1 Å². The molecular formula is C19H19NO4. The lowest BCUT2D eigenvalue weighted by Gasteiger charge is -2.08. The number of benzene rings is 2. The summed E-state index contributed by atoms with van der Waals surface area (Å²) in [5, 5.41) is 2.68. The molecular weight excluding hydrogens is 306 g/mol. The Morgan fingerprint density at radius 2 is 1.79 bits per heavy atom. The van der Waals surface area contributed by atoms with Crippen molar-refractivity contribution in [3.8, 4) is 5.75 Å². The van der Waals surface area contributed by atoms with Gasteiger partial charge in [0.05, 0.1) is 25.0 Å². The van der Waals surface area contributed by atoms with Gasteiger partial charge in [0.2, 0.25) is 5.91 Å². The maximum Gasteiger partial charge on any atom is 0.339 e. The first-order valence-electron chi connectivity index (χ1n) is 7.54. The second-order valence-corrected chi connectivity index (χ2v) is 4.83. The molecule has 0 spiro atoms. The first-order chi connectivity index (χ1) is 11.7. The number of hydrogen-bond acceptors (Lipinski definition) is 4. The fourth-order valence-corrected chi connectivity index (χ4v) is 2.13. The summed E-state index contributed by atoms with van der Waals surface area (Å²) >= 11 is 0. The van der Waals surface area contributed by atoms with Gasteiger partial charge in [0.1, 0.15) is 5.75 Å². The van der Waals surface area contributed by atoms with E-state index < -0.39 is 5.97 Å². The predicted octanol–water partition coefficient (Wildman–Crippen LogP) is 3.52. The molecule has 1 N–H and O–H groups in total. The standard InChI is InChI=1S/C19H19NO4/c1-3-24-17-11-7-4-8-14(17)12-13-18(21)20-16-10-6-5-9-15(16)19(22)23-2/h4-13H,3H2,1-2H3,(H,20,21)/b13-12+. The molecule has 0 bridgehead atoms. The number of hydrogen-bond donors (Lipinski definition) is 1. The molecule has 0 aliphatic carbocycles. The Hall–Kier alpha value is -3.08. The number of nitrogens with one attached hydrogen (secondary N) is 1. The molecule has 0 aliphatic heterocycles. The number of carbonyl (C=O) groups is 2. The van der Waals surface area contributed by atoms with Crippen molar-refractivity contribution in [3.63, 3.8) is 0 Å². The van der Waals surface area contributed by atoms with E-state index in [0.29, 0.717) is 23.6 Å². The Morgan fingerprint density at radius 3 is 2.54 bits per heavy atom. The number of methoxy groups -OCH3 is 1. The number of anilines is 1. The molecule has 0 atom stereocenters. The quantitative estimate of drug-likeness (QED) is 0.652. The summed E-state index contributed by atoms with van der Waals surface area (Å²) in [5.74, 6) is -0.145. The maximum atomic E-state index is 12.1. The molecule has 0 radical (unpaired) electrons. The minimum Gasteiger partial charge on any atom is -0.493 e. The van der Waals surface area contributed by atoms with Crippen molar-refractivity contribution in [2.45, 2.75) is 6.92 Å². The number of esters is 1. The van der Waals surface area contributed by atoms with Gasteiger partial charge in [0, 0.05) is 11.6 Å². The summed E-state index contributed by atoms with van der Waals surface area (Å²) < 4.78 is 10.2. The number of para-hydroxylation sites is 2. The number of rotatable bonds is 6. The molecule has 124 valence electrons. The van der Waals surface area contributed by atoms with Crippen LogP contribution in [-0.2, 0) is 9.53 Å². The summed E-state index contributed by atoms with van der Waals surface area (Å²) in [7, 11) is 1.30. The molecule has 2 aromatic rings. The smallest absolute Gasteiger partial charge is 0.339 e. The third-order valence-corrected chi connectivity index (χ3v) is 3.22. The molecule has 0 saturated carbocycles. The molecule has 0 saturated heterocycles. The lowest BCUT2D eigenvalue weighted by Crippen LogP contribution is -2.12. The number of carbonyl (C=O) groups excluding carboxylic acids is 2. The van der Waals surface area contributed by atoms with E-state index >= 15 is 0 Å². The van der Waals surface area contributed by atoms with Crippen LogP contribution in [0.2, 0.25) is 0 Å². The lowest BCUT2D eigenvalue weighted by atomic mass is 10.1. The van der Waals surface area contributed by atoms with Gasteiger partial charge in [-0.1, -0.05) is 30.3 Å². The van der Waals surface area contributed by atoms with Gasteiger partial charge in [0.15, 0.2) is 0 Å². The first kappa shape index (κ1) is 17.3. The maximum absolute atomic E-state index is 12.1. The van der Waals surface area contributed by atoms with Crippen molar-refractivity contribution >= 4 is 23.6 Å². The van der Waals surface area contributed by atoms with E-state index in [-0.39, 0.29) is 5.91 Å². The molecule has 2 rings (SSSR count). The van der Waals surface area contributed by atoms with Gasteiger partial charge in [-0.3, -0.25) is 4.79 Å². The molecule has 0 unspecified atom stereocenters. The predicted molar refractivity (Wildman–Crippen MR) is 93.1 cm³/mol. The van der Waals surface area contributed by atoms with E-state index in [1.807, 2.05) is 31.2 Å². The summed E-state index contributed by atoms with van der Waals surface area (Å²) in [4.78, 5) is 23.8. The van der Waals surface area contributed by atoms with E-state index in [2.05, 4.69) is 5.32 Å². The fraction of sp³-hybridized carbons (Fsp3) is 0.158. The summed E-state index contributed by atoms with van der Waals surface area (Å²) in [6.07, 6.45) is 3.06. The average molecular weight is 325 g/mol. The van der Waals surface area contributed by atoms with Gasteiger partial charge in [-0.15, -0.1) is 0 Å². The van der Waals surface area contributed by atoms with Crippen molar-refractivity contribution in [2.75, 3.05) is 19.0 Å². The summed E-state index contributed by atoms with van der Waals surface area (Å²) in [6, 6.07) is 14.1. The minimum absolute atomic E-state index is 0.302. The van der Waals surface area contributed by atoms with Gasteiger partial charge < -0.3 is 14.8 Å². The second-order valence-electron chi connectivity index (χ2n) is 4.83. The van der Waals surface area contributed by atoms with Crippen molar-refractivity contribution in [1.82, 2.24) is 0 Å². The van der Waals surface area contributed by atoms with Crippen LogP contribution in [-0.4, -0.2) is 25.6 Å². The van der Waals surface area contributed by atoms with E-state index in [4.69, 9.17) is 9.47 Å². The van der Waals surface area contributed by atoms with Gasteiger partial charge in [-0.2, -0.15) is 0 Å². The fourth-order valence-electron chi connectivity index (χ4n) is 2.13. The van der Waals surface area contributed by atoms with Crippen molar-refractivity contribution in [2.24, 2.45) is 0 Å². The van der Waals surface area contributed by atoms with Crippen LogP contribution >= 0.6 is 0 Å². The molecule has 24 heavy (non-hydrogen) atoms. The van der Waals surface area contributed by atoms with Gasteiger partial charge >= 0.3 is 5.97 Å². The first-order valence-corrected chi connectivity index (χ1v) is 7.54. The minimum atomic E-state index is -0.503. The molecule has 0 aromatic heterocycles. The van der Waals surface area contributed by atoms with Gasteiger partial charge in [0.25, 0.3) is 0 Å². The van der Waals surface area contributed by atoms with Crippen LogP contribution in [0.3, 0.4) is 0 Å². The van der Waals surface area contributed by atoms with Crippen LogP contribution in [0.25, 0.3) is 6.08 Å². The van der Waals surface area contributed by atoms with E-state index in [9.17, 15) is 9.59 Å². The van der Waals surface area contributed by atoms with Crippen LogP contribution in [0, 0.1) is 0 Å². The Kier molecular flexibility index (Phi) is 6.14. The lowest BCUT2D eigenvalue weighted by molar-refractivity contribution is -0.111. The molecule has 1 amide bonds. The largest absolute Gasteiger partial charge is 0.493 e. The van der Waals surface area contributed by atoms with E-state index in [0.717, 1.165) is 5.56 Å². The normalized spacial score (nSPS) is 10.4. The second kappa shape index (κ2) is 8.53. The Balaban J connectivity index is 2.13. The molecule has 5 nitrogen and oxygen atoms in total. The Bertz CT molecular complexity index is 753. The van der Waals surface area contributed by atoms with Crippen LogP contribution in [0.1, 0.15) is 22.8 Å². The number of ether oxygens (including phenoxy) is 2. The Labute approximate surface area is 140 Å². The third kappa shape index (κ3) is 4.46. The van der Waals surface area contributed by atoms with Crippen molar-refractivity contribution in [1.29, 1.82) is 0 Å². The zero-order valence-corrected chi connectivity index (χ0v) is 13.6. The molecule has 2 aromatic carbocycles. The Morgan fingerprint density at radius 1 is 1.08 bits per heavy atom. The summed E-state index contributed by atoms with van der Waals surface area (Å²) in [6.45, 7) is 2.44. The highest BCUT2D eigenvalue weighted by molar-refractivity contribution is 6.06. The highest BCUT2D eigenvalue weighted by Crippen LogP contribution is 2.20. The SMILES string of the molecule is CCOc1ccccc1/C=C/C(=O)Nc1ccccc1C(=O)OC. The molecule has 0 heterocycles.